The van der Waals surface area contributed by atoms with Gasteiger partial charge in [-0.15, -0.1) is 10.2 Å². The molecule has 1 aliphatic heterocycles. The van der Waals surface area contributed by atoms with Crippen molar-refractivity contribution in [2.24, 2.45) is 0 Å². The van der Waals surface area contributed by atoms with Crippen LogP contribution in [-0.2, 0) is 17.8 Å². The van der Waals surface area contributed by atoms with Crippen molar-refractivity contribution in [1.29, 1.82) is 0 Å². The SMILES string of the molecule is C[C@H](Sc1nnc(-c2ccccc2Cl)n1C1CCCC1)C(=O)N1CCc2ccccc2C1. The van der Waals surface area contributed by atoms with E-state index in [0.717, 1.165) is 42.4 Å². The highest BCUT2D eigenvalue weighted by Gasteiger charge is 2.30. The number of halogens is 1. The van der Waals surface area contributed by atoms with Crippen LogP contribution in [0.1, 0.15) is 49.8 Å². The zero-order valence-electron chi connectivity index (χ0n) is 18.2. The third kappa shape index (κ3) is 4.18. The molecule has 7 heteroatoms. The maximum absolute atomic E-state index is 13.3. The number of amides is 1. The van der Waals surface area contributed by atoms with Crippen LogP contribution in [0.15, 0.2) is 53.7 Å². The molecule has 1 saturated carbocycles. The van der Waals surface area contributed by atoms with E-state index in [-0.39, 0.29) is 11.2 Å². The summed E-state index contributed by atoms with van der Waals surface area (Å²) in [5.74, 6) is 0.960. The summed E-state index contributed by atoms with van der Waals surface area (Å²) in [5, 5.41) is 10.3. The van der Waals surface area contributed by atoms with E-state index in [1.807, 2.05) is 42.2 Å². The van der Waals surface area contributed by atoms with Crippen molar-refractivity contribution < 1.29 is 4.79 Å². The van der Waals surface area contributed by atoms with Crippen LogP contribution in [-0.4, -0.2) is 37.4 Å². The molecular formula is C25H27ClN4OS. The molecule has 1 aliphatic carbocycles. The van der Waals surface area contributed by atoms with E-state index in [9.17, 15) is 4.79 Å². The van der Waals surface area contributed by atoms with E-state index >= 15 is 0 Å². The molecule has 1 amide bonds. The Morgan fingerprint density at radius 1 is 1.06 bits per heavy atom. The van der Waals surface area contributed by atoms with Gasteiger partial charge in [0.15, 0.2) is 11.0 Å². The number of nitrogens with zero attached hydrogens (tertiary/aromatic N) is 4. The zero-order chi connectivity index (χ0) is 22.1. The van der Waals surface area contributed by atoms with E-state index in [2.05, 4.69) is 33.0 Å². The van der Waals surface area contributed by atoms with Gasteiger partial charge in [-0.2, -0.15) is 0 Å². The van der Waals surface area contributed by atoms with Crippen LogP contribution in [0.4, 0.5) is 0 Å². The zero-order valence-corrected chi connectivity index (χ0v) is 19.8. The lowest BCUT2D eigenvalue weighted by Crippen LogP contribution is -2.40. The fourth-order valence-electron chi connectivity index (χ4n) is 4.82. The number of carbonyl (C=O) groups is 1. The van der Waals surface area contributed by atoms with Crippen molar-refractivity contribution in [3.05, 3.63) is 64.7 Å². The van der Waals surface area contributed by atoms with Gasteiger partial charge in [0.05, 0.1) is 10.3 Å². The van der Waals surface area contributed by atoms with Crippen molar-refractivity contribution in [3.8, 4) is 11.4 Å². The third-order valence-corrected chi connectivity index (χ3v) is 7.92. The van der Waals surface area contributed by atoms with Gasteiger partial charge in [-0.25, -0.2) is 0 Å². The molecule has 3 aromatic rings. The van der Waals surface area contributed by atoms with Crippen LogP contribution in [0.5, 0.6) is 0 Å². The molecule has 2 heterocycles. The second-order valence-corrected chi connectivity index (χ2v) is 10.3. The van der Waals surface area contributed by atoms with Crippen LogP contribution in [0.3, 0.4) is 0 Å². The lowest BCUT2D eigenvalue weighted by molar-refractivity contribution is -0.131. The first-order chi connectivity index (χ1) is 15.6. The lowest BCUT2D eigenvalue weighted by Gasteiger charge is -2.30. The molecule has 166 valence electrons. The highest BCUT2D eigenvalue weighted by atomic mass is 35.5. The van der Waals surface area contributed by atoms with E-state index < -0.39 is 0 Å². The quantitative estimate of drug-likeness (QED) is 0.447. The minimum absolute atomic E-state index is 0.157. The molecule has 2 aromatic carbocycles. The van der Waals surface area contributed by atoms with Gasteiger partial charge in [-0.1, -0.05) is 72.6 Å². The second-order valence-electron chi connectivity index (χ2n) is 8.63. The molecule has 1 fully saturated rings. The van der Waals surface area contributed by atoms with Gasteiger partial charge >= 0.3 is 0 Å². The van der Waals surface area contributed by atoms with Crippen LogP contribution in [0.2, 0.25) is 5.02 Å². The molecule has 32 heavy (non-hydrogen) atoms. The number of carbonyl (C=O) groups excluding carboxylic acids is 1. The Morgan fingerprint density at radius 3 is 2.56 bits per heavy atom. The van der Waals surface area contributed by atoms with Crippen molar-refractivity contribution in [2.75, 3.05) is 6.54 Å². The molecule has 0 saturated heterocycles. The monoisotopic (exact) mass is 466 g/mol. The maximum Gasteiger partial charge on any atom is 0.236 e. The van der Waals surface area contributed by atoms with E-state index in [0.29, 0.717) is 17.6 Å². The molecule has 5 nitrogen and oxygen atoms in total. The van der Waals surface area contributed by atoms with E-state index in [1.54, 1.807) is 0 Å². The summed E-state index contributed by atoms with van der Waals surface area (Å²) >= 11 is 8.01. The third-order valence-electron chi connectivity index (χ3n) is 6.54. The van der Waals surface area contributed by atoms with E-state index in [1.165, 1.54) is 35.7 Å². The normalized spacial score (nSPS) is 17.4. The number of benzene rings is 2. The summed E-state index contributed by atoms with van der Waals surface area (Å²) in [6, 6.07) is 16.5. The molecule has 0 N–H and O–H groups in total. The number of hydrogen-bond acceptors (Lipinski definition) is 4. The molecule has 2 aliphatic rings. The van der Waals surface area contributed by atoms with Crippen LogP contribution in [0.25, 0.3) is 11.4 Å². The lowest BCUT2D eigenvalue weighted by atomic mass is 10.00. The Labute approximate surface area is 198 Å². The Morgan fingerprint density at radius 2 is 1.78 bits per heavy atom. The van der Waals surface area contributed by atoms with Gasteiger partial charge in [0, 0.05) is 24.7 Å². The van der Waals surface area contributed by atoms with Gasteiger partial charge in [0.25, 0.3) is 0 Å². The Balaban J connectivity index is 1.39. The fraction of sp³-hybridized carbons (Fsp3) is 0.400. The van der Waals surface area contributed by atoms with Crippen LogP contribution in [0, 0.1) is 0 Å². The predicted octanol–water partition coefficient (Wildman–Crippen LogP) is 5.78. The summed E-state index contributed by atoms with van der Waals surface area (Å²) < 4.78 is 2.23. The maximum atomic E-state index is 13.3. The second kappa shape index (κ2) is 9.28. The van der Waals surface area contributed by atoms with E-state index in [4.69, 9.17) is 11.6 Å². The Kier molecular flexibility index (Phi) is 6.24. The minimum atomic E-state index is -0.233. The average molecular weight is 467 g/mol. The summed E-state index contributed by atoms with van der Waals surface area (Å²) in [4.78, 5) is 15.3. The van der Waals surface area contributed by atoms with Crippen molar-refractivity contribution >= 4 is 29.3 Å². The summed E-state index contributed by atoms with van der Waals surface area (Å²) in [6.07, 6.45) is 5.53. The van der Waals surface area contributed by atoms with Gasteiger partial charge in [-0.05, 0) is 49.4 Å². The highest BCUT2D eigenvalue weighted by molar-refractivity contribution is 8.00. The van der Waals surface area contributed by atoms with Crippen molar-refractivity contribution in [3.63, 3.8) is 0 Å². The number of hydrogen-bond donors (Lipinski definition) is 0. The summed E-state index contributed by atoms with van der Waals surface area (Å²) in [6.45, 7) is 3.43. The average Bonchev–Trinajstić information content (AvgIpc) is 3.48. The Bertz CT molecular complexity index is 1120. The molecular weight excluding hydrogens is 440 g/mol. The number of fused-ring (bicyclic) bond motifs is 1. The first kappa shape index (κ1) is 21.5. The number of thioether (sulfide) groups is 1. The fourth-order valence-corrected chi connectivity index (χ4v) is 6.05. The first-order valence-corrected chi connectivity index (χ1v) is 12.6. The largest absolute Gasteiger partial charge is 0.337 e. The van der Waals surface area contributed by atoms with Gasteiger partial charge in [0.2, 0.25) is 5.91 Å². The molecule has 0 spiro atoms. The summed E-state index contributed by atoms with van der Waals surface area (Å²) in [5.41, 5.74) is 3.49. The number of aromatic nitrogens is 3. The smallest absolute Gasteiger partial charge is 0.236 e. The Hall–Kier alpha value is -2.31. The molecule has 0 radical (unpaired) electrons. The molecule has 1 aromatic heterocycles. The van der Waals surface area contributed by atoms with Gasteiger partial charge < -0.3 is 4.90 Å². The molecule has 1 atom stereocenters. The van der Waals surface area contributed by atoms with Gasteiger partial charge in [0.1, 0.15) is 0 Å². The number of rotatable bonds is 5. The van der Waals surface area contributed by atoms with Crippen molar-refractivity contribution in [2.45, 2.75) is 62.0 Å². The summed E-state index contributed by atoms with van der Waals surface area (Å²) in [7, 11) is 0. The molecule has 5 rings (SSSR count). The molecule has 0 unspecified atom stereocenters. The van der Waals surface area contributed by atoms with Crippen LogP contribution >= 0.6 is 23.4 Å². The van der Waals surface area contributed by atoms with Crippen molar-refractivity contribution in [1.82, 2.24) is 19.7 Å². The van der Waals surface area contributed by atoms with Gasteiger partial charge in [-0.3, -0.25) is 9.36 Å². The van der Waals surface area contributed by atoms with Crippen LogP contribution < -0.4 is 0 Å². The molecule has 0 bridgehead atoms. The first-order valence-electron chi connectivity index (χ1n) is 11.3. The highest BCUT2D eigenvalue weighted by Crippen LogP contribution is 2.39. The predicted molar refractivity (Wildman–Crippen MR) is 129 cm³/mol. The minimum Gasteiger partial charge on any atom is -0.337 e. The topological polar surface area (TPSA) is 51.0 Å². The standard InChI is InChI=1S/C25H27ClN4OS/c1-17(24(31)29-15-14-18-8-2-3-9-19(18)16-29)32-25-28-27-23(21-12-6-7-13-22(21)26)30(25)20-10-4-5-11-20/h2-3,6-9,12-13,17,20H,4-5,10-11,14-16H2,1H3/t17-/m0/s1.